The number of thioether (sulfide) groups is 1. The number of piperidine rings is 1. The van der Waals surface area contributed by atoms with Crippen LogP contribution in [0.4, 0.5) is 0 Å². The number of nitrogens with zero attached hydrogens (tertiary/aromatic N) is 1. The van der Waals surface area contributed by atoms with E-state index >= 15 is 0 Å². The zero-order valence-electron chi connectivity index (χ0n) is 13.8. The maximum atomic E-state index is 3.69. The second kappa shape index (κ2) is 8.82. The summed E-state index contributed by atoms with van der Waals surface area (Å²) in [6.45, 7) is 9.58. The van der Waals surface area contributed by atoms with Gasteiger partial charge in [0, 0.05) is 17.5 Å². The molecule has 0 aromatic heterocycles. The van der Waals surface area contributed by atoms with Gasteiger partial charge in [-0.05, 0) is 69.3 Å². The molecule has 0 spiro atoms. The molecule has 1 N–H and O–H groups in total. The van der Waals surface area contributed by atoms with Gasteiger partial charge in [-0.1, -0.05) is 25.5 Å². The largest absolute Gasteiger partial charge is 0.310 e. The molecular weight excluding hydrogens is 276 g/mol. The number of hydrogen-bond acceptors (Lipinski definition) is 3. The van der Waals surface area contributed by atoms with Gasteiger partial charge in [0.25, 0.3) is 0 Å². The molecule has 118 valence electrons. The van der Waals surface area contributed by atoms with Gasteiger partial charge in [-0.2, -0.15) is 0 Å². The molecule has 2 unspecified atom stereocenters. The SMILES string of the molecule is CSc1ccc(C(C)NCC(C)CN2CCCCC2)cc1. The topological polar surface area (TPSA) is 15.3 Å². The molecule has 1 aliphatic rings. The van der Waals surface area contributed by atoms with E-state index in [-0.39, 0.29) is 0 Å². The van der Waals surface area contributed by atoms with Crippen molar-refractivity contribution in [3.05, 3.63) is 29.8 Å². The summed E-state index contributed by atoms with van der Waals surface area (Å²) in [6, 6.07) is 9.37. The highest BCUT2D eigenvalue weighted by Gasteiger charge is 2.14. The van der Waals surface area contributed by atoms with E-state index in [0.717, 1.165) is 12.5 Å². The predicted molar refractivity (Wildman–Crippen MR) is 94.1 cm³/mol. The summed E-state index contributed by atoms with van der Waals surface area (Å²) < 4.78 is 0. The first-order valence-electron chi connectivity index (χ1n) is 8.28. The quantitative estimate of drug-likeness (QED) is 0.761. The molecule has 2 atom stereocenters. The molecule has 0 radical (unpaired) electrons. The lowest BCUT2D eigenvalue weighted by molar-refractivity contribution is 0.197. The zero-order valence-corrected chi connectivity index (χ0v) is 14.6. The van der Waals surface area contributed by atoms with E-state index in [9.17, 15) is 0 Å². The van der Waals surface area contributed by atoms with Crippen molar-refractivity contribution in [1.29, 1.82) is 0 Å². The van der Waals surface area contributed by atoms with Crippen LogP contribution in [0.3, 0.4) is 0 Å². The van der Waals surface area contributed by atoms with Gasteiger partial charge < -0.3 is 10.2 Å². The van der Waals surface area contributed by atoms with E-state index < -0.39 is 0 Å². The fraction of sp³-hybridized carbons (Fsp3) is 0.667. The summed E-state index contributed by atoms with van der Waals surface area (Å²) in [5.74, 6) is 0.719. The van der Waals surface area contributed by atoms with Crippen LogP contribution >= 0.6 is 11.8 Å². The number of nitrogens with one attached hydrogen (secondary N) is 1. The fourth-order valence-corrected chi connectivity index (χ4v) is 3.44. The molecule has 1 aliphatic heterocycles. The third-order valence-electron chi connectivity index (χ3n) is 4.41. The number of likely N-dealkylation sites (tertiary alicyclic amines) is 1. The lowest BCUT2D eigenvalue weighted by Gasteiger charge is -2.29. The highest BCUT2D eigenvalue weighted by molar-refractivity contribution is 7.98. The monoisotopic (exact) mass is 306 g/mol. The molecular formula is C18H30N2S. The molecule has 0 bridgehead atoms. The molecule has 1 heterocycles. The van der Waals surface area contributed by atoms with Crippen LogP contribution in [0.25, 0.3) is 0 Å². The second-order valence-electron chi connectivity index (χ2n) is 6.37. The van der Waals surface area contributed by atoms with Gasteiger partial charge in [-0.25, -0.2) is 0 Å². The molecule has 2 rings (SSSR count). The van der Waals surface area contributed by atoms with Gasteiger partial charge in [0.1, 0.15) is 0 Å². The molecule has 1 fully saturated rings. The highest BCUT2D eigenvalue weighted by Crippen LogP contribution is 2.19. The summed E-state index contributed by atoms with van der Waals surface area (Å²) in [4.78, 5) is 3.97. The molecule has 2 nitrogen and oxygen atoms in total. The third kappa shape index (κ3) is 5.65. The Kier molecular flexibility index (Phi) is 7.08. The van der Waals surface area contributed by atoms with Crippen molar-refractivity contribution in [2.24, 2.45) is 5.92 Å². The fourth-order valence-electron chi connectivity index (χ4n) is 3.04. The average molecular weight is 307 g/mol. The van der Waals surface area contributed by atoms with Crippen LogP contribution in [-0.4, -0.2) is 37.3 Å². The zero-order chi connectivity index (χ0) is 15.1. The molecule has 0 saturated carbocycles. The molecule has 0 amide bonds. The summed E-state index contributed by atoms with van der Waals surface area (Å²) in [5.41, 5.74) is 1.39. The Bertz CT molecular complexity index is 398. The molecule has 3 heteroatoms. The number of hydrogen-bond donors (Lipinski definition) is 1. The molecule has 1 saturated heterocycles. The molecule has 0 aliphatic carbocycles. The smallest absolute Gasteiger partial charge is 0.0291 e. The van der Waals surface area contributed by atoms with Crippen LogP contribution < -0.4 is 5.32 Å². The van der Waals surface area contributed by atoms with E-state index in [0.29, 0.717) is 6.04 Å². The Morgan fingerprint density at radius 1 is 1.10 bits per heavy atom. The Morgan fingerprint density at radius 3 is 2.38 bits per heavy atom. The maximum absolute atomic E-state index is 3.69. The molecule has 1 aromatic carbocycles. The standard InChI is InChI=1S/C18H30N2S/c1-15(14-20-11-5-4-6-12-20)13-19-16(2)17-7-9-18(21-3)10-8-17/h7-10,15-16,19H,4-6,11-14H2,1-3H3. The predicted octanol–water partition coefficient (Wildman–Crippen LogP) is 4.18. The minimum Gasteiger partial charge on any atom is -0.310 e. The number of rotatable bonds is 7. The Labute approximate surface area is 134 Å². The first-order chi connectivity index (χ1) is 10.2. The van der Waals surface area contributed by atoms with Crippen molar-refractivity contribution >= 4 is 11.8 Å². The minimum absolute atomic E-state index is 0.435. The van der Waals surface area contributed by atoms with E-state index in [4.69, 9.17) is 0 Å². The van der Waals surface area contributed by atoms with Crippen molar-refractivity contribution < 1.29 is 0 Å². The molecule has 1 aromatic rings. The lowest BCUT2D eigenvalue weighted by Crippen LogP contribution is -2.37. The van der Waals surface area contributed by atoms with Gasteiger partial charge in [0.2, 0.25) is 0 Å². The van der Waals surface area contributed by atoms with E-state index in [1.54, 1.807) is 11.8 Å². The van der Waals surface area contributed by atoms with Gasteiger partial charge in [-0.3, -0.25) is 0 Å². The lowest BCUT2D eigenvalue weighted by atomic mass is 10.1. The van der Waals surface area contributed by atoms with Gasteiger partial charge in [0.05, 0.1) is 0 Å². The normalized spacial score (nSPS) is 19.4. The van der Waals surface area contributed by atoms with Crippen LogP contribution in [0.5, 0.6) is 0 Å². The van der Waals surface area contributed by atoms with Crippen LogP contribution in [0.2, 0.25) is 0 Å². The van der Waals surface area contributed by atoms with E-state index in [2.05, 4.69) is 54.6 Å². The van der Waals surface area contributed by atoms with E-state index in [1.807, 2.05) is 0 Å². The third-order valence-corrected chi connectivity index (χ3v) is 5.15. The summed E-state index contributed by atoms with van der Waals surface area (Å²) in [5, 5.41) is 3.69. The highest BCUT2D eigenvalue weighted by atomic mass is 32.2. The summed E-state index contributed by atoms with van der Waals surface area (Å²) in [6.07, 6.45) is 6.32. The summed E-state index contributed by atoms with van der Waals surface area (Å²) in [7, 11) is 0. The van der Waals surface area contributed by atoms with Crippen molar-refractivity contribution in [3.63, 3.8) is 0 Å². The Hall–Kier alpha value is -0.510. The van der Waals surface area contributed by atoms with Crippen molar-refractivity contribution in [2.75, 3.05) is 32.4 Å². The second-order valence-corrected chi connectivity index (χ2v) is 7.25. The van der Waals surface area contributed by atoms with Crippen molar-refractivity contribution in [3.8, 4) is 0 Å². The van der Waals surface area contributed by atoms with Crippen LogP contribution in [0.15, 0.2) is 29.2 Å². The first kappa shape index (κ1) is 16.9. The van der Waals surface area contributed by atoms with Crippen molar-refractivity contribution in [2.45, 2.75) is 44.0 Å². The Morgan fingerprint density at radius 2 is 1.76 bits per heavy atom. The van der Waals surface area contributed by atoms with Crippen LogP contribution in [-0.2, 0) is 0 Å². The van der Waals surface area contributed by atoms with Gasteiger partial charge in [-0.15, -0.1) is 11.8 Å². The first-order valence-corrected chi connectivity index (χ1v) is 9.51. The van der Waals surface area contributed by atoms with Crippen LogP contribution in [0, 0.1) is 5.92 Å². The van der Waals surface area contributed by atoms with Gasteiger partial charge in [0.15, 0.2) is 0 Å². The van der Waals surface area contributed by atoms with Crippen molar-refractivity contribution in [1.82, 2.24) is 10.2 Å². The average Bonchev–Trinajstić information content (AvgIpc) is 2.53. The van der Waals surface area contributed by atoms with Gasteiger partial charge >= 0.3 is 0 Å². The maximum Gasteiger partial charge on any atom is 0.0291 e. The van der Waals surface area contributed by atoms with Crippen LogP contribution in [0.1, 0.15) is 44.7 Å². The summed E-state index contributed by atoms with van der Waals surface area (Å²) >= 11 is 1.80. The van der Waals surface area contributed by atoms with E-state index in [1.165, 1.54) is 49.4 Å². The molecule has 21 heavy (non-hydrogen) atoms. The Balaban J connectivity index is 1.72. The number of benzene rings is 1. The minimum atomic E-state index is 0.435.